The van der Waals surface area contributed by atoms with Crippen LogP contribution in [0.2, 0.25) is 0 Å². The van der Waals surface area contributed by atoms with Crippen LogP contribution in [0.25, 0.3) is 5.95 Å². The highest BCUT2D eigenvalue weighted by Crippen LogP contribution is 2.21. The highest BCUT2D eigenvalue weighted by molar-refractivity contribution is 5.77. The number of carbonyl (C=O) groups excluding carboxylic acids is 1. The van der Waals surface area contributed by atoms with E-state index in [1.165, 1.54) is 12.8 Å². The van der Waals surface area contributed by atoms with Crippen molar-refractivity contribution in [2.75, 3.05) is 6.54 Å². The van der Waals surface area contributed by atoms with E-state index < -0.39 is 0 Å². The maximum Gasteiger partial charge on any atom is 0.235 e. The molecule has 2 aromatic rings. The van der Waals surface area contributed by atoms with E-state index in [9.17, 15) is 4.79 Å². The summed E-state index contributed by atoms with van der Waals surface area (Å²) < 4.78 is 1.80. The summed E-state index contributed by atoms with van der Waals surface area (Å²) in [5, 5.41) is 6.70. The van der Waals surface area contributed by atoms with Gasteiger partial charge in [0, 0.05) is 30.6 Å². The molecule has 1 fully saturated rings. The third kappa shape index (κ3) is 5.86. The minimum Gasteiger partial charge on any atom is -0.348 e. The van der Waals surface area contributed by atoms with Gasteiger partial charge in [0.1, 0.15) is 6.33 Å². The van der Waals surface area contributed by atoms with Gasteiger partial charge in [-0.1, -0.05) is 32.6 Å². The lowest BCUT2D eigenvalue weighted by Gasteiger charge is -2.25. The number of carbonyl (C=O) groups is 1. The second-order valence-electron chi connectivity index (χ2n) is 7.67. The number of amides is 1. The average Bonchev–Trinajstić information content (AvgIpc) is 3.22. The van der Waals surface area contributed by atoms with Gasteiger partial charge in [0.2, 0.25) is 11.9 Å². The van der Waals surface area contributed by atoms with Crippen molar-refractivity contribution in [3.8, 4) is 5.95 Å². The Kier molecular flexibility index (Phi) is 7.54. The van der Waals surface area contributed by atoms with Crippen molar-refractivity contribution in [3.05, 3.63) is 36.2 Å². The van der Waals surface area contributed by atoms with Crippen LogP contribution in [0.3, 0.4) is 0 Å². The molecule has 1 aliphatic rings. The van der Waals surface area contributed by atoms with E-state index in [0.29, 0.717) is 18.4 Å². The van der Waals surface area contributed by atoms with Crippen molar-refractivity contribution in [1.29, 1.82) is 0 Å². The van der Waals surface area contributed by atoms with E-state index >= 15 is 0 Å². The molecule has 2 atom stereocenters. The summed E-state index contributed by atoms with van der Waals surface area (Å²) in [5.41, 5.74) is 1.76. The topological polar surface area (TPSA) is 84.7 Å². The van der Waals surface area contributed by atoms with E-state index in [4.69, 9.17) is 4.98 Å². The highest BCUT2D eigenvalue weighted by atomic mass is 16.1. The molecule has 0 bridgehead atoms. The molecule has 0 radical (unpaired) electrons. The van der Waals surface area contributed by atoms with Crippen LogP contribution in [-0.4, -0.2) is 38.0 Å². The van der Waals surface area contributed by atoms with Gasteiger partial charge in [-0.05, 0) is 38.8 Å². The molecule has 0 aromatic carbocycles. The van der Waals surface area contributed by atoms with Crippen LogP contribution in [0.1, 0.15) is 75.7 Å². The molecular formula is C21H32N6O. The molecule has 7 heteroatoms. The first-order chi connectivity index (χ1) is 13.7. The van der Waals surface area contributed by atoms with Crippen molar-refractivity contribution in [1.82, 2.24) is 30.2 Å². The monoisotopic (exact) mass is 384 g/mol. The number of unbranched alkanes of at least 4 members (excludes halogenated alkanes) is 2. The Bertz CT molecular complexity index is 739. The first-order valence-corrected chi connectivity index (χ1v) is 10.5. The van der Waals surface area contributed by atoms with E-state index in [2.05, 4.69) is 27.5 Å². The number of rotatable bonds is 9. The molecule has 1 saturated heterocycles. The van der Waals surface area contributed by atoms with Crippen molar-refractivity contribution in [3.63, 3.8) is 0 Å². The Morgan fingerprint density at radius 1 is 1.36 bits per heavy atom. The lowest BCUT2D eigenvalue weighted by molar-refractivity contribution is -0.122. The summed E-state index contributed by atoms with van der Waals surface area (Å²) in [5.74, 6) is 0.692. The summed E-state index contributed by atoms with van der Waals surface area (Å²) in [4.78, 5) is 26.1. The Balaban J connectivity index is 1.74. The summed E-state index contributed by atoms with van der Waals surface area (Å²) in [6.07, 6.45) is 13.5. The quantitative estimate of drug-likeness (QED) is 0.648. The van der Waals surface area contributed by atoms with Gasteiger partial charge in [-0.3, -0.25) is 9.36 Å². The molecule has 0 spiro atoms. The summed E-state index contributed by atoms with van der Waals surface area (Å²) in [7, 11) is 0. The fourth-order valence-corrected chi connectivity index (χ4v) is 3.72. The van der Waals surface area contributed by atoms with Gasteiger partial charge in [-0.2, -0.15) is 0 Å². The predicted molar refractivity (Wildman–Crippen MR) is 109 cm³/mol. The van der Waals surface area contributed by atoms with E-state index in [0.717, 1.165) is 50.0 Å². The third-order valence-corrected chi connectivity index (χ3v) is 5.23. The van der Waals surface area contributed by atoms with Gasteiger partial charge in [0.15, 0.2) is 0 Å². The molecule has 3 rings (SSSR count). The fourth-order valence-electron chi connectivity index (χ4n) is 3.72. The van der Waals surface area contributed by atoms with Crippen molar-refractivity contribution < 1.29 is 4.79 Å². The minimum atomic E-state index is -0.0911. The van der Waals surface area contributed by atoms with E-state index in [1.54, 1.807) is 17.1 Å². The van der Waals surface area contributed by atoms with Crippen LogP contribution < -0.4 is 10.6 Å². The van der Waals surface area contributed by atoms with Gasteiger partial charge in [0.05, 0.1) is 11.7 Å². The number of aromatic nitrogens is 4. The molecule has 152 valence electrons. The molecule has 28 heavy (non-hydrogen) atoms. The van der Waals surface area contributed by atoms with Crippen LogP contribution in [0.15, 0.2) is 24.8 Å². The lowest BCUT2D eigenvalue weighted by atomic mass is 10.0. The first kappa shape index (κ1) is 20.5. The Morgan fingerprint density at radius 3 is 2.96 bits per heavy atom. The van der Waals surface area contributed by atoms with E-state index in [-0.39, 0.29) is 11.9 Å². The molecular weight excluding hydrogens is 352 g/mol. The second-order valence-corrected chi connectivity index (χ2v) is 7.67. The molecule has 0 saturated carbocycles. The first-order valence-electron chi connectivity index (χ1n) is 10.5. The van der Waals surface area contributed by atoms with Crippen LogP contribution >= 0.6 is 0 Å². The molecule has 0 aliphatic carbocycles. The van der Waals surface area contributed by atoms with Crippen LogP contribution in [0.5, 0.6) is 0 Å². The van der Waals surface area contributed by atoms with Gasteiger partial charge in [-0.15, -0.1) is 0 Å². The maximum absolute atomic E-state index is 12.7. The average molecular weight is 385 g/mol. The van der Waals surface area contributed by atoms with Gasteiger partial charge in [-0.25, -0.2) is 15.0 Å². The summed E-state index contributed by atoms with van der Waals surface area (Å²) in [6.45, 7) is 5.16. The SMILES string of the molecule is CCCCCC(NC(=O)CC1CCCCN1)c1cc(C)nc(-n2ccnc2)n1. The number of nitrogens with zero attached hydrogens (tertiary/aromatic N) is 4. The zero-order valence-electron chi connectivity index (χ0n) is 17.0. The predicted octanol–water partition coefficient (Wildman–Crippen LogP) is 3.24. The largest absolute Gasteiger partial charge is 0.348 e. The van der Waals surface area contributed by atoms with Crippen molar-refractivity contribution in [2.24, 2.45) is 0 Å². The van der Waals surface area contributed by atoms with E-state index in [1.807, 2.05) is 19.2 Å². The zero-order chi connectivity index (χ0) is 19.8. The smallest absolute Gasteiger partial charge is 0.235 e. The van der Waals surface area contributed by atoms with Gasteiger partial charge in [0.25, 0.3) is 0 Å². The van der Waals surface area contributed by atoms with Crippen LogP contribution in [0, 0.1) is 6.92 Å². The fraction of sp³-hybridized carbons (Fsp3) is 0.619. The molecule has 2 aromatic heterocycles. The van der Waals surface area contributed by atoms with Crippen molar-refractivity contribution >= 4 is 5.91 Å². The number of imidazole rings is 1. The van der Waals surface area contributed by atoms with Crippen LogP contribution in [-0.2, 0) is 4.79 Å². The van der Waals surface area contributed by atoms with Gasteiger partial charge >= 0.3 is 0 Å². The highest BCUT2D eigenvalue weighted by Gasteiger charge is 2.21. The maximum atomic E-state index is 12.7. The number of aryl methyl sites for hydroxylation is 1. The lowest BCUT2D eigenvalue weighted by Crippen LogP contribution is -2.39. The molecule has 3 heterocycles. The summed E-state index contributed by atoms with van der Waals surface area (Å²) >= 11 is 0. The normalized spacial score (nSPS) is 18.0. The number of hydrogen-bond acceptors (Lipinski definition) is 5. The Hall–Kier alpha value is -2.28. The molecule has 1 amide bonds. The standard InChI is InChI=1S/C21H32N6O/c1-3-4-5-9-18(25-20(28)14-17-8-6-7-10-23-17)19-13-16(2)24-21(26-19)27-12-11-22-15-27/h11-13,15,17-18,23H,3-10,14H2,1-2H3,(H,25,28). The Labute approximate surface area is 167 Å². The number of hydrogen-bond donors (Lipinski definition) is 2. The molecule has 2 N–H and O–H groups in total. The third-order valence-electron chi connectivity index (χ3n) is 5.23. The van der Waals surface area contributed by atoms with Crippen LogP contribution in [0.4, 0.5) is 0 Å². The second kappa shape index (κ2) is 10.3. The van der Waals surface area contributed by atoms with Crippen molar-refractivity contribution in [2.45, 2.75) is 77.3 Å². The number of nitrogens with one attached hydrogen (secondary N) is 2. The zero-order valence-corrected chi connectivity index (χ0v) is 17.0. The number of piperidine rings is 1. The minimum absolute atomic E-state index is 0.0911. The molecule has 7 nitrogen and oxygen atoms in total. The molecule has 2 unspecified atom stereocenters. The Morgan fingerprint density at radius 2 is 2.25 bits per heavy atom. The summed E-state index contributed by atoms with van der Waals surface area (Å²) in [6, 6.07) is 2.18. The van der Waals surface area contributed by atoms with Gasteiger partial charge < -0.3 is 10.6 Å². The molecule has 1 aliphatic heterocycles.